The number of hydrogen-bond acceptors (Lipinski definition) is 2. The van der Waals surface area contributed by atoms with Gasteiger partial charge in [-0.25, -0.2) is 0 Å². The Balaban J connectivity index is 1.99. The molecule has 0 bridgehead atoms. The molecule has 0 spiro atoms. The second-order valence-corrected chi connectivity index (χ2v) is 4.84. The molecule has 0 unspecified atom stereocenters. The normalized spacial score (nSPS) is 20.2. The molecule has 1 aromatic rings. The lowest BCUT2D eigenvalue weighted by Crippen LogP contribution is -2.37. The minimum absolute atomic E-state index is 0.287. The second-order valence-electron chi connectivity index (χ2n) is 4.84. The number of fused-ring (bicyclic) bond motifs is 1. The summed E-state index contributed by atoms with van der Waals surface area (Å²) in [5.74, 6) is 0.287. The molecule has 1 saturated heterocycles. The molecular weight excluding hydrogens is 212 g/mol. The summed E-state index contributed by atoms with van der Waals surface area (Å²) in [4.78, 5) is 14.0. The Morgan fingerprint density at radius 3 is 3.00 bits per heavy atom. The van der Waals surface area contributed by atoms with Gasteiger partial charge in [-0.05, 0) is 43.0 Å². The smallest absolute Gasteiger partial charge is 0.226 e. The van der Waals surface area contributed by atoms with Crippen molar-refractivity contribution in [2.75, 3.05) is 18.0 Å². The van der Waals surface area contributed by atoms with Crippen molar-refractivity contribution < 1.29 is 4.79 Å². The molecule has 0 aliphatic carbocycles. The first kappa shape index (κ1) is 10.8. The Labute approximate surface area is 102 Å². The molecule has 3 nitrogen and oxygen atoms in total. The molecular formula is C14H18N2O. The fourth-order valence-electron chi connectivity index (χ4n) is 2.81. The second kappa shape index (κ2) is 4.49. The number of benzene rings is 1. The van der Waals surface area contributed by atoms with Crippen molar-refractivity contribution in [2.45, 2.75) is 32.2 Å². The molecule has 2 aliphatic rings. The number of hydrogen-bond donors (Lipinski definition) is 1. The van der Waals surface area contributed by atoms with Gasteiger partial charge >= 0.3 is 0 Å². The lowest BCUT2D eigenvalue weighted by Gasteiger charge is -2.31. The van der Waals surface area contributed by atoms with Crippen molar-refractivity contribution in [1.82, 2.24) is 5.32 Å². The third-order valence-electron chi connectivity index (χ3n) is 3.74. The highest BCUT2D eigenvalue weighted by Gasteiger charge is 2.23. The predicted octanol–water partition coefficient (Wildman–Crippen LogP) is 1.85. The van der Waals surface area contributed by atoms with Crippen molar-refractivity contribution in [3.63, 3.8) is 0 Å². The summed E-state index contributed by atoms with van der Waals surface area (Å²) in [7, 11) is 0. The van der Waals surface area contributed by atoms with Gasteiger partial charge in [-0.1, -0.05) is 12.1 Å². The van der Waals surface area contributed by atoms with Crippen LogP contribution in [0.25, 0.3) is 0 Å². The van der Waals surface area contributed by atoms with Crippen molar-refractivity contribution in [1.29, 1.82) is 0 Å². The van der Waals surface area contributed by atoms with Crippen LogP contribution in [0.3, 0.4) is 0 Å². The number of carbonyl (C=O) groups is 1. The summed E-state index contributed by atoms with van der Waals surface area (Å²) in [5, 5.41) is 3.40. The zero-order valence-corrected chi connectivity index (χ0v) is 10.0. The number of nitrogens with zero attached hydrogens (tertiary/aromatic N) is 1. The molecule has 1 amide bonds. The van der Waals surface area contributed by atoms with Gasteiger partial charge in [0.25, 0.3) is 0 Å². The van der Waals surface area contributed by atoms with Crippen LogP contribution in [-0.2, 0) is 17.8 Å². The van der Waals surface area contributed by atoms with Crippen LogP contribution in [0.2, 0.25) is 0 Å². The lowest BCUT2D eigenvalue weighted by atomic mass is 9.97. The van der Waals surface area contributed by atoms with Crippen LogP contribution in [0.5, 0.6) is 0 Å². The van der Waals surface area contributed by atoms with Crippen LogP contribution >= 0.6 is 0 Å². The minimum atomic E-state index is 0.287. The molecule has 2 heterocycles. The fourth-order valence-corrected chi connectivity index (χ4v) is 2.81. The summed E-state index contributed by atoms with van der Waals surface area (Å²) in [6.45, 7) is 2.83. The van der Waals surface area contributed by atoms with E-state index in [-0.39, 0.29) is 5.91 Å². The Morgan fingerprint density at radius 2 is 2.12 bits per heavy atom. The van der Waals surface area contributed by atoms with Gasteiger partial charge in [0.15, 0.2) is 0 Å². The quantitative estimate of drug-likeness (QED) is 0.798. The summed E-state index contributed by atoms with van der Waals surface area (Å²) >= 11 is 0. The van der Waals surface area contributed by atoms with E-state index in [0.717, 1.165) is 44.6 Å². The van der Waals surface area contributed by atoms with E-state index in [0.29, 0.717) is 6.42 Å². The fraction of sp³-hybridized carbons (Fsp3) is 0.500. The number of nitrogens with one attached hydrogen (secondary N) is 1. The Hall–Kier alpha value is -1.35. The van der Waals surface area contributed by atoms with Gasteiger partial charge < -0.3 is 10.2 Å². The Kier molecular flexibility index (Phi) is 2.85. The third kappa shape index (κ3) is 1.95. The van der Waals surface area contributed by atoms with Crippen molar-refractivity contribution in [3.05, 3.63) is 29.3 Å². The van der Waals surface area contributed by atoms with Crippen LogP contribution in [0.15, 0.2) is 18.2 Å². The molecule has 0 aromatic heterocycles. The van der Waals surface area contributed by atoms with E-state index in [1.165, 1.54) is 11.1 Å². The van der Waals surface area contributed by atoms with Crippen molar-refractivity contribution in [2.24, 2.45) is 0 Å². The average Bonchev–Trinajstić information content (AvgIpc) is 2.39. The van der Waals surface area contributed by atoms with Crippen LogP contribution < -0.4 is 10.2 Å². The third-order valence-corrected chi connectivity index (χ3v) is 3.74. The molecule has 0 radical (unpaired) electrons. The maximum absolute atomic E-state index is 12.0. The van der Waals surface area contributed by atoms with Crippen LogP contribution in [0, 0.1) is 0 Å². The highest BCUT2D eigenvalue weighted by molar-refractivity contribution is 5.95. The van der Waals surface area contributed by atoms with Crippen LogP contribution in [0.1, 0.15) is 30.4 Å². The van der Waals surface area contributed by atoms with Crippen molar-refractivity contribution >= 4 is 11.6 Å². The lowest BCUT2D eigenvalue weighted by molar-refractivity contribution is -0.119. The van der Waals surface area contributed by atoms with Crippen LogP contribution in [0.4, 0.5) is 5.69 Å². The molecule has 1 N–H and O–H groups in total. The minimum Gasteiger partial charge on any atom is -0.312 e. The van der Waals surface area contributed by atoms with Gasteiger partial charge in [0.1, 0.15) is 0 Å². The first-order valence-corrected chi connectivity index (χ1v) is 6.48. The SMILES string of the molecule is O=C1CCCCN1c1cccc2c1CNCC2. The topological polar surface area (TPSA) is 32.3 Å². The number of amides is 1. The van der Waals surface area contributed by atoms with E-state index in [4.69, 9.17) is 0 Å². The first-order chi connectivity index (χ1) is 8.36. The molecule has 2 aliphatic heterocycles. The number of rotatable bonds is 1. The number of anilines is 1. The van der Waals surface area contributed by atoms with Gasteiger partial charge in [0, 0.05) is 25.2 Å². The van der Waals surface area contributed by atoms with Gasteiger partial charge in [-0.3, -0.25) is 4.79 Å². The maximum atomic E-state index is 12.0. The van der Waals surface area contributed by atoms with Gasteiger partial charge in [-0.2, -0.15) is 0 Å². The summed E-state index contributed by atoms with van der Waals surface area (Å²) in [6.07, 6.45) is 3.95. The Morgan fingerprint density at radius 1 is 1.18 bits per heavy atom. The van der Waals surface area contributed by atoms with E-state index < -0.39 is 0 Å². The van der Waals surface area contributed by atoms with Gasteiger partial charge in [0.05, 0.1) is 0 Å². The number of piperidine rings is 1. The summed E-state index contributed by atoms with van der Waals surface area (Å²) in [5.41, 5.74) is 3.87. The molecule has 1 aromatic carbocycles. The summed E-state index contributed by atoms with van der Waals surface area (Å²) in [6, 6.07) is 6.37. The molecule has 17 heavy (non-hydrogen) atoms. The predicted molar refractivity (Wildman–Crippen MR) is 68.1 cm³/mol. The largest absolute Gasteiger partial charge is 0.312 e. The van der Waals surface area contributed by atoms with E-state index in [9.17, 15) is 4.79 Å². The van der Waals surface area contributed by atoms with E-state index >= 15 is 0 Å². The molecule has 1 fully saturated rings. The zero-order valence-electron chi connectivity index (χ0n) is 10.0. The summed E-state index contributed by atoms with van der Waals surface area (Å²) < 4.78 is 0. The standard InChI is InChI=1S/C14H18N2O/c17-14-6-1-2-9-16(14)13-5-3-4-11-7-8-15-10-12(11)13/h3-5,15H,1-2,6-10H2. The highest BCUT2D eigenvalue weighted by Crippen LogP contribution is 2.29. The molecule has 3 rings (SSSR count). The number of carbonyl (C=O) groups excluding carboxylic acids is 1. The monoisotopic (exact) mass is 230 g/mol. The average molecular weight is 230 g/mol. The van der Waals surface area contributed by atoms with E-state index in [2.05, 4.69) is 23.5 Å². The molecule has 0 atom stereocenters. The van der Waals surface area contributed by atoms with Gasteiger partial charge in [0.2, 0.25) is 5.91 Å². The molecule has 90 valence electrons. The Bertz CT molecular complexity index is 442. The van der Waals surface area contributed by atoms with Crippen molar-refractivity contribution in [3.8, 4) is 0 Å². The van der Waals surface area contributed by atoms with E-state index in [1.54, 1.807) is 0 Å². The van der Waals surface area contributed by atoms with Crippen LogP contribution in [-0.4, -0.2) is 19.0 Å². The highest BCUT2D eigenvalue weighted by atomic mass is 16.2. The van der Waals surface area contributed by atoms with Gasteiger partial charge in [-0.15, -0.1) is 0 Å². The zero-order chi connectivity index (χ0) is 11.7. The molecule has 0 saturated carbocycles. The van der Waals surface area contributed by atoms with E-state index in [1.807, 2.05) is 4.90 Å². The molecule has 3 heteroatoms. The maximum Gasteiger partial charge on any atom is 0.226 e. The first-order valence-electron chi connectivity index (χ1n) is 6.48.